The van der Waals surface area contributed by atoms with Crippen molar-refractivity contribution >= 4 is 75.1 Å². The van der Waals surface area contributed by atoms with Gasteiger partial charge in [-0.15, -0.1) is 11.3 Å². The molecule has 0 amide bonds. The van der Waals surface area contributed by atoms with Gasteiger partial charge in [0.05, 0.1) is 22.6 Å². The summed E-state index contributed by atoms with van der Waals surface area (Å²) in [4.78, 5) is 15.5. The molecule has 0 aliphatic carbocycles. The number of pyridine rings is 1. The van der Waals surface area contributed by atoms with E-state index < -0.39 is 0 Å². The van der Waals surface area contributed by atoms with Gasteiger partial charge in [-0.1, -0.05) is 164 Å². The van der Waals surface area contributed by atoms with Crippen LogP contribution < -0.4 is 0 Å². The van der Waals surface area contributed by atoms with Crippen LogP contribution in [0.15, 0.2) is 192 Å². The Morgan fingerprint density at radius 3 is 1.83 bits per heavy atom. The van der Waals surface area contributed by atoms with Crippen LogP contribution in [0.4, 0.5) is 0 Å². The molecule has 0 aliphatic heterocycles. The number of furan rings is 1. The third kappa shape index (κ3) is 5.18. The average molecular weight is 758 g/mol. The van der Waals surface area contributed by atoms with Crippen molar-refractivity contribution in [2.24, 2.45) is 0 Å². The fraction of sp³-hybridized carbons (Fsp3) is 0. The Morgan fingerprint density at radius 2 is 1.00 bits per heavy atom. The minimum absolute atomic E-state index is 0.672. The molecule has 0 N–H and O–H groups in total. The molecule has 0 aliphatic rings. The molecule has 0 spiro atoms. The molecule has 270 valence electrons. The Morgan fingerprint density at radius 1 is 0.379 bits per heavy atom. The molecule has 0 radical (unpaired) electrons. The summed E-state index contributed by atoms with van der Waals surface area (Å²) < 4.78 is 9.02. The van der Waals surface area contributed by atoms with Gasteiger partial charge in [0, 0.05) is 69.4 Å². The Bertz CT molecular complexity index is 3550. The van der Waals surface area contributed by atoms with Gasteiger partial charge >= 0.3 is 0 Å². The van der Waals surface area contributed by atoms with Crippen molar-refractivity contribution < 1.29 is 4.42 Å². The number of benzene rings is 8. The lowest BCUT2D eigenvalue weighted by molar-refractivity contribution is 0.670. The van der Waals surface area contributed by atoms with Crippen molar-refractivity contribution in [3.63, 3.8) is 0 Å². The molecule has 8 aromatic carbocycles. The Balaban J connectivity index is 1.00. The van der Waals surface area contributed by atoms with Crippen molar-refractivity contribution in [1.29, 1.82) is 0 Å². The second kappa shape index (κ2) is 13.1. The predicted molar refractivity (Wildman–Crippen MR) is 242 cm³/mol. The first-order valence-corrected chi connectivity index (χ1v) is 20.2. The van der Waals surface area contributed by atoms with Gasteiger partial charge < -0.3 is 4.42 Å². The van der Waals surface area contributed by atoms with Crippen LogP contribution in [0.3, 0.4) is 0 Å². The number of nitrogens with zero attached hydrogens (tertiary/aromatic N) is 3. The van der Waals surface area contributed by atoms with E-state index in [1.165, 1.54) is 41.9 Å². The van der Waals surface area contributed by atoms with Gasteiger partial charge in [0.25, 0.3) is 0 Å². The number of thiophene rings is 1. The lowest BCUT2D eigenvalue weighted by atomic mass is 9.97. The van der Waals surface area contributed by atoms with Crippen LogP contribution in [-0.4, -0.2) is 15.0 Å². The predicted octanol–water partition coefficient (Wildman–Crippen LogP) is 14.8. The summed E-state index contributed by atoms with van der Waals surface area (Å²) in [7, 11) is 0. The van der Waals surface area contributed by atoms with E-state index in [-0.39, 0.29) is 0 Å². The molecule has 0 bridgehead atoms. The van der Waals surface area contributed by atoms with E-state index in [2.05, 4.69) is 152 Å². The Kier molecular flexibility index (Phi) is 7.37. The maximum Gasteiger partial charge on any atom is 0.160 e. The molecule has 0 saturated heterocycles. The molecule has 4 nitrogen and oxygen atoms in total. The largest absolute Gasteiger partial charge is 0.455 e. The Labute approximate surface area is 337 Å². The van der Waals surface area contributed by atoms with Gasteiger partial charge in [0.2, 0.25) is 0 Å². The van der Waals surface area contributed by atoms with Gasteiger partial charge in [-0.05, 0) is 35.4 Å². The summed E-state index contributed by atoms with van der Waals surface area (Å²) in [6, 6.07) is 65.9. The monoisotopic (exact) mass is 757 g/mol. The van der Waals surface area contributed by atoms with Crippen LogP contribution in [0.25, 0.3) is 120 Å². The van der Waals surface area contributed by atoms with E-state index in [0.29, 0.717) is 5.82 Å². The van der Waals surface area contributed by atoms with Gasteiger partial charge in [-0.2, -0.15) is 0 Å². The van der Waals surface area contributed by atoms with E-state index in [0.717, 1.165) is 72.4 Å². The molecule has 5 heteroatoms. The molecular formula is C53H31N3OS. The number of aromatic nitrogens is 3. The SMILES string of the molecule is c1ccc(-c2nc(-c3ccc(-c4cccc5c4sc4c5ccc5c(-c6ccccc6)nc6ccccc6c54)cc3)cc(-c3cccc4c3oc3ccccc34)n2)cc1. The minimum atomic E-state index is 0.672. The second-order valence-corrected chi connectivity index (χ2v) is 15.7. The van der Waals surface area contributed by atoms with Crippen LogP contribution in [0.2, 0.25) is 0 Å². The van der Waals surface area contributed by atoms with E-state index in [4.69, 9.17) is 19.4 Å². The zero-order chi connectivity index (χ0) is 38.2. The number of fused-ring (bicyclic) bond motifs is 10. The van der Waals surface area contributed by atoms with Crippen LogP contribution in [0, 0.1) is 0 Å². The highest BCUT2D eigenvalue weighted by molar-refractivity contribution is 7.27. The molecule has 58 heavy (non-hydrogen) atoms. The third-order valence-corrected chi connectivity index (χ3v) is 12.6. The smallest absolute Gasteiger partial charge is 0.160 e. The molecule has 0 saturated carbocycles. The van der Waals surface area contributed by atoms with Gasteiger partial charge in [0.15, 0.2) is 5.82 Å². The van der Waals surface area contributed by atoms with Crippen LogP contribution >= 0.6 is 11.3 Å². The van der Waals surface area contributed by atoms with Gasteiger partial charge in [0.1, 0.15) is 11.2 Å². The summed E-state index contributed by atoms with van der Waals surface area (Å²) in [5.41, 5.74) is 11.8. The van der Waals surface area contributed by atoms with Crippen LogP contribution in [-0.2, 0) is 0 Å². The van der Waals surface area contributed by atoms with E-state index in [1.807, 2.05) is 47.7 Å². The molecule has 12 aromatic rings. The van der Waals surface area contributed by atoms with E-state index >= 15 is 0 Å². The highest BCUT2D eigenvalue weighted by Gasteiger charge is 2.19. The highest BCUT2D eigenvalue weighted by Crippen LogP contribution is 2.46. The van der Waals surface area contributed by atoms with Crippen LogP contribution in [0.1, 0.15) is 0 Å². The summed E-state index contributed by atoms with van der Waals surface area (Å²) in [5.74, 6) is 0.672. The quantitative estimate of drug-likeness (QED) is 0.164. The number of rotatable bonds is 5. The summed E-state index contributed by atoms with van der Waals surface area (Å²) in [6.07, 6.45) is 0. The maximum atomic E-state index is 6.46. The number of hydrogen-bond donors (Lipinski definition) is 0. The first-order valence-electron chi connectivity index (χ1n) is 19.4. The number of hydrogen-bond acceptors (Lipinski definition) is 5. The zero-order valence-electron chi connectivity index (χ0n) is 31.1. The molecule has 12 rings (SSSR count). The molecule has 0 unspecified atom stereocenters. The Hall–Kier alpha value is -7.47. The van der Waals surface area contributed by atoms with Gasteiger partial charge in [-0.3, -0.25) is 0 Å². The number of para-hydroxylation sites is 3. The average Bonchev–Trinajstić information content (AvgIpc) is 3.88. The third-order valence-electron chi connectivity index (χ3n) is 11.3. The summed E-state index contributed by atoms with van der Waals surface area (Å²) >= 11 is 1.88. The van der Waals surface area contributed by atoms with Crippen molar-refractivity contribution in [3.05, 3.63) is 188 Å². The lowest BCUT2D eigenvalue weighted by Gasteiger charge is -2.11. The van der Waals surface area contributed by atoms with Crippen molar-refractivity contribution in [2.45, 2.75) is 0 Å². The topological polar surface area (TPSA) is 51.8 Å². The standard InChI is InChI=1S/C53H31N3OS/c1-3-13-34(14-4-1)49-43-30-29-40-39-21-11-19-36(51(39)58-52(40)48(43)41-18-7-9-23-44(41)54-49)32-25-27-33(28-26-32)45-31-46(56-53(55-45)35-15-5-2-6-16-35)42-22-12-20-38-37-17-8-10-24-47(37)57-50(38)42/h1-31H. The van der Waals surface area contributed by atoms with Crippen molar-refractivity contribution in [3.8, 4) is 56.3 Å². The molecule has 0 fully saturated rings. The van der Waals surface area contributed by atoms with E-state index in [9.17, 15) is 0 Å². The highest BCUT2D eigenvalue weighted by atomic mass is 32.1. The molecule has 0 atom stereocenters. The fourth-order valence-corrected chi connectivity index (χ4v) is 9.95. The normalized spacial score (nSPS) is 11.8. The zero-order valence-corrected chi connectivity index (χ0v) is 31.9. The maximum absolute atomic E-state index is 6.46. The summed E-state index contributed by atoms with van der Waals surface area (Å²) in [5, 5.41) is 8.31. The fourth-order valence-electron chi connectivity index (χ4n) is 8.55. The molecular weight excluding hydrogens is 727 g/mol. The van der Waals surface area contributed by atoms with E-state index in [1.54, 1.807) is 0 Å². The minimum Gasteiger partial charge on any atom is -0.455 e. The van der Waals surface area contributed by atoms with Crippen molar-refractivity contribution in [1.82, 2.24) is 15.0 Å². The van der Waals surface area contributed by atoms with Crippen molar-refractivity contribution in [2.75, 3.05) is 0 Å². The van der Waals surface area contributed by atoms with Crippen LogP contribution in [0.5, 0.6) is 0 Å². The second-order valence-electron chi connectivity index (χ2n) is 14.7. The van der Waals surface area contributed by atoms with Gasteiger partial charge in [-0.25, -0.2) is 15.0 Å². The first-order chi connectivity index (χ1) is 28.7. The summed E-state index contributed by atoms with van der Waals surface area (Å²) in [6.45, 7) is 0. The lowest BCUT2D eigenvalue weighted by Crippen LogP contribution is -1.96. The molecule has 4 heterocycles. The molecule has 4 aromatic heterocycles. The first kappa shape index (κ1) is 32.7.